The van der Waals surface area contributed by atoms with Gasteiger partial charge in [-0.2, -0.15) is 0 Å². The predicted octanol–water partition coefficient (Wildman–Crippen LogP) is 4.44. The molecule has 0 saturated carbocycles. The van der Waals surface area contributed by atoms with Crippen LogP contribution in [0.2, 0.25) is 0 Å². The Kier molecular flexibility index (Phi) is 5.85. The van der Waals surface area contributed by atoms with Gasteiger partial charge in [-0.3, -0.25) is 9.59 Å². The number of aliphatic hydroxyl groups excluding tert-OH is 1. The van der Waals surface area contributed by atoms with E-state index in [9.17, 15) is 14.7 Å². The van der Waals surface area contributed by atoms with Crippen LogP contribution in [0.25, 0.3) is 16.5 Å². The van der Waals surface area contributed by atoms with E-state index in [4.69, 9.17) is 0 Å². The lowest BCUT2D eigenvalue weighted by molar-refractivity contribution is -0.140. The molecule has 1 aliphatic rings. The lowest BCUT2D eigenvalue weighted by Crippen LogP contribution is -2.35. The maximum absolute atomic E-state index is 13.2. The Balaban J connectivity index is 1.95. The normalized spacial score (nSPS) is 18.2. The van der Waals surface area contributed by atoms with Crippen LogP contribution < -0.4 is 0 Å². The van der Waals surface area contributed by atoms with Crippen LogP contribution >= 0.6 is 0 Å². The van der Waals surface area contributed by atoms with Gasteiger partial charge in [-0.05, 0) is 61.5 Å². The maximum Gasteiger partial charge on any atom is 0.295 e. The number of ketones is 1. The van der Waals surface area contributed by atoms with E-state index >= 15 is 0 Å². The first-order valence-electron chi connectivity index (χ1n) is 10.8. The number of Topliss-reactive ketones (excluding diaryl/α,β-unsaturated/α-hetero) is 1. The van der Waals surface area contributed by atoms with Gasteiger partial charge < -0.3 is 14.9 Å². The minimum Gasteiger partial charge on any atom is -0.507 e. The van der Waals surface area contributed by atoms with Crippen molar-refractivity contribution < 1.29 is 14.7 Å². The molecule has 0 aliphatic carbocycles. The summed E-state index contributed by atoms with van der Waals surface area (Å²) in [4.78, 5) is 29.9. The summed E-state index contributed by atoms with van der Waals surface area (Å²) in [7, 11) is 3.86. The number of fused-ring (bicyclic) bond motifs is 1. The molecule has 3 aromatic carbocycles. The first kappa shape index (κ1) is 21.8. The molecular formula is C27H28N2O3. The van der Waals surface area contributed by atoms with Crippen LogP contribution in [-0.4, -0.2) is 53.8 Å². The Labute approximate surface area is 188 Å². The molecule has 32 heavy (non-hydrogen) atoms. The number of likely N-dealkylation sites (tertiary alicyclic amines) is 1. The molecule has 164 valence electrons. The van der Waals surface area contributed by atoms with Crippen molar-refractivity contribution in [3.63, 3.8) is 0 Å². The van der Waals surface area contributed by atoms with Crippen molar-refractivity contribution >= 4 is 28.2 Å². The van der Waals surface area contributed by atoms with E-state index in [2.05, 4.69) is 0 Å². The van der Waals surface area contributed by atoms with Gasteiger partial charge in [-0.25, -0.2) is 0 Å². The highest BCUT2D eigenvalue weighted by atomic mass is 16.3. The van der Waals surface area contributed by atoms with E-state index < -0.39 is 17.7 Å². The smallest absolute Gasteiger partial charge is 0.295 e. The van der Waals surface area contributed by atoms with Gasteiger partial charge in [0.05, 0.1) is 11.6 Å². The summed E-state index contributed by atoms with van der Waals surface area (Å²) in [6, 6.07) is 18.7. The molecule has 0 aromatic heterocycles. The fourth-order valence-electron chi connectivity index (χ4n) is 4.27. The SMILES string of the molecule is Cc1ccc(/C(O)=C2/C(=O)C(=O)N(CCN(C)C)C2c2cccc3ccccc23)cc1C. The second-order valence-electron chi connectivity index (χ2n) is 8.66. The van der Waals surface area contributed by atoms with Crippen LogP contribution in [0.5, 0.6) is 0 Å². The van der Waals surface area contributed by atoms with Crippen LogP contribution in [0.15, 0.2) is 66.2 Å². The van der Waals surface area contributed by atoms with E-state index in [-0.39, 0.29) is 11.3 Å². The molecule has 0 radical (unpaired) electrons. The lowest BCUT2D eigenvalue weighted by Gasteiger charge is -2.27. The number of hydrogen-bond donors (Lipinski definition) is 1. The lowest BCUT2D eigenvalue weighted by atomic mass is 9.91. The fraction of sp³-hybridized carbons (Fsp3) is 0.259. The molecule has 1 saturated heterocycles. The van der Waals surface area contributed by atoms with E-state index in [0.717, 1.165) is 27.5 Å². The van der Waals surface area contributed by atoms with Gasteiger partial charge in [0.2, 0.25) is 0 Å². The first-order valence-corrected chi connectivity index (χ1v) is 10.8. The Morgan fingerprint density at radius 1 is 0.969 bits per heavy atom. The quantitative estimate of drug-likeness (QED) is 0.371. The Morgan fingerprint density at radius 3 is 2.41 bits per heavy atom. The molecule has 3 aromatic rings. The zero-order valence-electron chi connectivity index (χ0n) is 18.9. The van der Waals surface area contributed by atoms with Crippen molar-refractivity contribution in [1.29, 1.82) is 0 Å². The van der Waals surface area contributed by atoms with Gasteiger partial charge in [0.25, 0.3) is 11.7 Å². The van der Waals surface area contributed by atoms with Crippen LogP contribution in [-0.2, 0) is 9.59 Å². The van der Waals surface area contributed by atoms with Crippen molar-refractivity contribution in [2.45, 2.75) is 19.9 Å². The van der Waals surface area contributed by atoms with E-state index in [1.54, 1.807) is 11.0 Å². The number of amides is 1. The van der Waals surface area contributed by atoms with Gasteiger partial charge in [0.1, 0.15) is 5.76 Å². The van der Waals surface area contributed by atoms with Gasteiger partial charge in [0.15, 0.2) is 0 Å². The van der Waals surface area contributed by atoms with Gasteiger partial charge in [0, 0.05) is 18.7 Å². The second-order valence-corrected chi connectivity index (χ2v) is 8.66. The number of benzene rings is 3. The summed E-state index contributed by atoms with van der Waals surface area (Å²) in [6.45, 7) is 4.95. The molecular weight excluding hydrogens is 400 g/mol. The molecule has 1 amide bonds. The van der Waals surface area contributed by atoms with E-state index in [1.165, 1.54) is 0 Å². The first-order chi connectivity index (χ1) is 15.3. The molecule has 5 heteroatoms. The number of carbonyl (C=O) groups is 2. The monoisotopic (exact) mass is 428 g/mol. The van der Waals surface area contributed by atoms with E-state index in [1.807, 2.05) is 87.4 Å². The van der Waals surface area contributed by atoms with Gasteiger partial charge in [-0.1, -0.05) is 54.6 Å². The largest absolute Gasteiger partial charge is 0.507 e. The zero-order valence-corrected chi connectivity index (χ0v) is 18.9. The molecule has 1 fully saturated rings. The van der Waals surface area contributed by atoms with Crippen LogP contribution in [0.3, 0.4) is 0 Å². The number of hydrogen-bond acceptors (Lipinski definition) is 4. The molecule has 1 heterocycles. The molecule has 1 N–H and O–H groups in total. The summed E-state index contributed by atoms with van der Waals surface area (Å²) in [5.74, 6) is -1.34. The molecule has 1 unspecified atom stereocenters. The van der Waals surface area contributed by atoms with Crippen molar-refractivity contribution in [2.75, 3.05) is 27.2 Å². The van der Waals surface area contributed by atoms with Crippen LogP contribution in [0.1, 0.15) is 28.3 Å². The van der Waals surface area contributed by atoms with Crippen molar-refractivity contribution in [3.05, 3.63) is 88.5 Å². The third-order valence-electron chi connectivity index (χ3n) is 6.23. The Morgan fingerprint density at radius 2 is 1.69 bits per heavy atom. The fourth-order valence-corrected chi connectivity index (χ4v) is 4.27. The topological polar surface area (TPSA) is 60.9 Å². The third-order valence-corrected chi connectivity index (χ3v) is 6.23. The standard InChI is InChI=1S/C27H28N2O3/c1-17-12-13-20(16-18(17)2)25(30)23-24(29(15-14-28(3)4)27(32)26(23)31)22-11-7-9-19-8-5-6-10-21(19)22/h5-13,16,24,30H,14-15H2,1-4H3/b25-23-. The number of nitrogens with zero attached hydrogens (tertiary/aromatic N) is 2. The number of aliphatic hydroxyl groups is 1. The van der Waals surface area contributed by atoms with E-state index in [0.29, 0.717) is 18.7 Å². The molecule has 1 aliphatic heterocycles. The van der Waals surface area contributed by atoms with Crippen molar-refractivity contribution in [1.82, 2.24) is 9.80 Å². The van der Waals surface area contributed by atoms with Crippen LogP contribution in [0, 0.1) is 13.8 Å². The molecule has 4 rings (SSSR count). The van der Waals surface area contributed by atoms with Crippen LogP contribution in [0.4, 0.5) is 0 Å². The predicted molar refractivity (Wildman–Crippen MR) is 127 cm³/mol. The molecule has 1 atom stereocenters. The summed E-state index contributed by atoms with van der Waals surface area (Å²) < 4.78 is 0. The highest BCUT2D eigenvalue weighted by Crippen LogP contribution is 2.41. The summed E-state index contributed by atoms with van der Waals surface area (Å²) in [5.41, 5.74) is 3.64. The second kappa shape index (κ2) is 8.60. The van der Waals surface area contributed by atoms with Gasteiger partial charge >= 0.3 is 0 Å². The third kappa shape index (κ3) is 3.80. The summed E-state index contributed by atoms with van der Waals surface area (Å²) in [6.07, 6.45) is 0. The minimum absolute atomic E-state index is 0.128. The average molecular weight is 429 g/mol. The zero-order chi connectivity index (χ0) is 23.0. The number of carbonyl (C=O) groups excluding carboxylic acids is 2. The molecule has 0 bridgehead atoms. The summed E-state index contributed by atoms with van der Waals surface area (Å²) >= 11 is 0. The minimum atomic E-state index is -0.650. The number of aryl methyl sites for hydroxylation is 2. The van der Waals surface area contributed by atoms with Gasteiger partial charge in [-0.15, -0.1) is 0 Å². The summed E-state index contributed by atoms with van der Waals surface area (Å²) in [5, 5.41) is 13.3. The molecule has 5 nitrogen and oxygen atoms in total. The van der Waals surface area contributed by atoms with Crippen molar-refractivity contribution in [2.24, 2.45) is 0 Å². The number of likely N-dealkylation sites (N-methyl/N-ethyl adjacent to an activating group) is 1. The highest BCUT2D eigenvalue weighted by Gasteiger charge is 2.46. The number of rotatable bonds is 5. The van der Waals surface area contributed by atoms with Crippen molar-refractivity contribution in [3.8, 4) is 0 Å². The molecule has 0 spiro atoms. The maximum atomic E-state index is 13.2. The Bertz CT molecular complexity index is 1240. The average Bonchev–Trinajstić information content (AvgIpc) is 3.03. The highest BCUT2D eigenvalue weighted by molar-refractivity contribution is 6.46. The Hall–Kier alpha value is -3.44.